The van der Waals surface area contributed by atoms with Crippen molar-refractivity contribution in [2.45, 2.75) is 6.92 Å². The summed E-state index contributed by atoms with van der Waals surface area (Å²) < 4.78 is 0. The highest BCUT2D eigenvalue weighted by Crippen LogP contribution is 2.11. The van der Waals surface area contributed by atoms with Crippen molar-refractivity contribution in [2.24, 2.45) is 0 Å². The van der Waals surface area contributed by atoms with Gasteiger partial charge in [-0.15, -0.1) is 0 Å². The minimum atomic E-state index is -0.937. The Bertz CT molecular complexity index is 402. The Morgan fingerprint density at radius 2 is 1.93 bits per heavy atom. The molecule has 0 aliphatic rings. The Morgan fingerprint density at radius 1 is 1.33 bits per heavy atom. The number of hydrogen-bond donors (Lipinski definition) is 1. The van der Waals surface area contributed by atoms with Crippen LogP contribution in [0.1, 0.15) is 12.5 Å². The van der Waals surface area contributed by atoms with Crippen molar-refractivity contribution in [2.75, 3.05) is 0 Å². The Morgan fingerprint density at radius 3 is 2.47 bits per heavy atom. The molecule has 0 aliphatic carbocycles. The summed E-state index contributed by atoms with van der Waals surface area (Å²) in [5.41, 5.74) is 1.68. The van der Waals surface area contributed by atoms with Crippen LogP contribution in [0.2, 0.25) is 5.02 Å². The third-order valence-corrected chi connectivity index (χ3v) is 2.01. The zero-order valence-electron chi connectivity index (χ0n) is 8.27. The van der Waals surface area contributed by atoms with Crippen molar-refractivity contribution in [1.82, 2.24) is 0 Å². The Labute approximate surface area is 93.5 Å². The van der Waals surface area contributed by atoms with Gasteiger partial charge in [-0.2, -0.15) is 0 Å². The highest BCUT2D eigenvalue weighted by molar-refractivity contribution is 6.30. The molecule has 1 aromatic carbocycles. The second-order valence-electron chi connectivity index (χ2n) is 3.11. The molecule has 0 fully saturated rings. The van der Waals surface area contributed by atoms with Gasteiger partial charge in [-0.25, -0.2) is 4.79 Å². The van der Waals surface area contributed by atoms with Gasteiger partial charge in [0.15, 0.2) is 0 Å². The monoisotopic (exact) mass is 222 g/mol. The number of hydrogen-bond acceptors (Lipinski definition) is 1. The Kier molecular flexibility index (Phi) is 4.13. The number of carboxylic acids is 1. The van der Waals surface area contributed by atoms with Crippen molar-refractivity contribution in [3.63, 3.8) is 0 Å². The summed E-state index contributed by atoms with van der Waals surface area (Å²) in [6.45, 7) is 1.74. The van der Waals surface area contributed by atoms with Crippen LogP contribution in [0.15, 0.2) is 42.0 Å². The molecule has 3 heteroatoms. The fourth-order valence-electron chi connectivity index (χ4n) is 1.04. The first-order chi connectivity index (χ1) is 7.08. The molecule has 0 aliphatic heterocycles. The van der Waals surface area contributed by atoms with Gasteiger partial charge in [0.05, 0.1) is 0 Å². The van der Waals surface area contributed by atoms with Crippen LogP contribution < -0.4 is 0 Å². The van der Waals surface area contributed by atoms with Crippen molar-refractivity contribution in [1.29, 1.82) is 0 Å². The molecule has 0 spiro atoms. The van der Waals surface area contributed by atoms with Crippen LogP contribution in [-0.2, 0) is 4.79 Å². The van der Waals surface area contributed by atoms with Gasteiger partial charge >= 0.3 is 5.97 Å². The van der Waals surface area contributed by atoms with Gasteiger partial charge in [0.25, 0.3) is 0 Å². The molecular formula is C12H11ClO2. The first kappa shape index (κ1) is 11.5. The van der Waals surface area contributed by atoms with Crippen LogP contribution in [0.4, 0.5) is 0 Å². The average Bonchev–Trinajstić information content (AvgIpc) is 2.16. The van der Waals surface area contributed by atoms with Crippen LogP contribution in [0, 0.1) is 0 Å². The lowest BCUT2D eigenvalue weighted by molar-refractivity contribution is -0.131. The highest BCUT2D eigenvalue weighted by Gasteiger charge is 1.90. The molecule has 0 aromatic heterocycles. The SMILES string of the molecule is CC(/C=C\c1ccc(Cl)cc1)=C/C(=O)O. The lowest BCUT2D eigenvalue weighted by Gasteiger charge is -1.93. The van der Waals surface area contributed by atoms with Gasteiger partial charge in [-0.05, 0) is 30.2 Å². The summed E-state index contributed by atoms with van der Waals surface area (Å²) in [7, 11) is 0. The largest absolute Gasteiger partial charge is 0.478 e. The van der Waals surface area contributed by atoms with Crippen molar-refractivity contribution in [3.8, 4) is 0 Å². The molecule has 0 unspecified atom stereocenters. The molecule has 0 atom stereocenters. The molecule has 0 saturated carbocycles. The highest BCUT2D eigenvalue weighted by atomic mass is 35.5. The second kappa shape index (κ2) is 5.37. The van der Waals surface area contributed by atoms with Crippen molar-refractivity contribution in [3.05, 3.63) is 52.6 Å². The van der Waals surface area contributed by atoms with Gasteiger partial charge in [-0.1, -0.05) is 35.9 Å². The van der Waals surface area contributed by atoms with Gasteiger partial charge in [0.2, 0.25) is 0 Å². The Balaban J connectivity index is 2.73. The molecule has 78 valence electrons. The molecule has 1 N–H and O–H groups in total. The summed E-state index contributed by atoms with van der Waals surface area (Å²) in [5, 5.41) is 9.17. The molecule has 0 amide bonds. The number of benzene rings is 1. The summed E-state index contributed by atoms with van der Waals surface area (Å²) in [6.07, 6.45) is 4.74. The molecular weight excluding hydrogens is 212 g/mol. The molecule has 15 heavy (non-hydrogen) atoms. The average molecular weight is 223 g/mol. The first-order valence-corrected chi connectivity index (χ1v) is 4.80. The van der Waals surface area contributed by atoms with E-state index in [4.69, 9.17) is 16.7 Å². The van der Waals surface area contributed by atoms with Crippen LogP contribution >= 0.6 is 11.6 Å². The zero-order valence-corrected chi connectivity index (χ0v) is 9.03. The van der Waals surface area contributed by atoms with E-state index in [1.54, 1.807) is 25.1 Å². The van der Waals surface area contributed by atoms with E-state index in [1.165, 1.54) is 0 Å². The Hall–Kier alpha value is -1.54. The number of rotatable bonds is 3. The smallest absolute Gasteiger partial charge is 0.328 e. The molecule has 2 nitrogen and oxygen atoms in total. The van der Waals surface area contributed by atoms with Crippen LogP contribution in [0.25, 0.3) is 6.08 Å². The van der Waals surface area contributed by atoms with E-state index >= 15 is 0 Å². The number of aliphatic carboxylic acids is 1. The van der Waals surface area contributed by atoms with E-state index in [0.29, 0.717) is 10.6 Å². The zero-order chi connectivity index (χ0) is 11.3. The van der Waals surface area contributed by atoms with Gasteiger partial charge < -0.3 is 5.11 Å². The number of carboxylic acid groups (broad SMARTS) is 1. The van der Waals surface area contributed by atoms with Gasteiger partial charge in [0.1, 0.15) is 0 Å². The van der Waals surface area contributed by atoms with E-state index in [1.807, 2.05) is 18.2 Å². The topological polar surface area (TPSA) is 37.3 Å². The molecule has 0 saturated heterocycles. The molecule has 1 aromatic rings. The lowest BCUT2D eigenvalue weighted by Crippen LogP contribution is -1.87. The normalized spacial score (nSPS) is 12.0. The molecule has 0 bridgehead atoms. The maximum atomic E-state index is 10.3. The van der Waals surface area contributed by atoms with Crippen LogP contribution in [0.3, 0.4) is 0 Å². The summed E-state index contributed by atoms with van der Waals surface area (Å²) in [5.74, 6) is -0.937. The third-order valence-electron chi connectivity index (χ3n) is 1.76. The second-order valence-corrected chi connectivity index (χ2v) is 3.55. The summed E-state index contributed by atoms with van der Waals surface area (Å²) in [4.78, 5) is 10.3. The minimum absolute atomic E-state index is 0.685. The van der Waals surface area contributed by atoms with E-state index in [9.17, 15) is 4.79 Å². The number of halogens is 1. The third kappa shape index (κ3) is 4.47. The molecule has 0 heterocycles. The fourth-order valence-corrected chi connectivity index (χ4v) is 1.17. The van der Waals surface area contributed by atoms with Crippen molar-refractivity contribution < 1.29 is 9.90 Å². The molecule has 0 radical (unpaired) electrons. The first-order valence-electron chi connectivity index (χ1n) is 4.43. The van der Waals surface area contributed by atoms with E-state index in [2.05, 4.69) is 0 Å². The predicted molar refractivity (Wildman–Crippen MR) is 61.9 cm³/mol. The van der Waals surface area contributed by atoms with Gasteiger partial charge in [-0.3, -0.25) is 0 Å². The van der Waals surface area contributed by atoms with Gasteiger partial charge in [0, 0.05) is 11.1 Å². The standard InChI is InChI=1S/C12H11ClO2/c1-9(8-12(14)15)2-3-10-4-6-11(13)7-5-10/h2-8H,1H3,(H,14,15)/b3-2-,9-8-. The maximum Gasteiger partial charge on any atom is 0.328 e. The predicted octanol–water partition coefficient (Wildman–Crippen LogP) is 3.38. The van der Waals surface area contributed by atoms with E-state index < -0.39 is 5.97 Å². The lowest BCUT2D eigenvalue weighted by atomic mass is 10.1. The number of allylic oxidation sites excluding steroid dienone is 2. The summed E-state index contributed by atoms with van der Waals surface area (Å²) in [6, 6.07) is 7.31. The summed E-state index contributed by atoms with van der Waals surface area (Å²) >= 11 is 5.73. The maximum absolute atomic E-state index is 10.3. The van der Waals surface area contributed by atoms with Crippen molar-refractivity contribution >= 4 is 23.6 Å². The van der Waals surface area contributed by atoms with E-state index in [-0.39, 0.29) is 0 Å². The fraction of sp³-hybridized carbons (Fsp3) is 0.0833. The number of carbonyl (C=O) groups is 1. The van der Waals surface area contributed by atoms with Crippen LogP contribution in [-0.4, -0.2) is 11.1 Å². The quantitative estimate of drug-likeness (QED) is 0.629. The van der Waals surface area contributed by atoms with Crippen LogP contribution in [0.5, 0.6) is 0 Å². The van der Waals surface area contributed by atoms with E-state index in [0.717, 1.165) is 11.6 Å². The minimum Gasteiger partial charge on any atom is -0.478 e. The molecule has 1 rings (SSSR count).